The smallest absolute Gasteiger partial charge is 0.181 e. The number of imidazole rings is 1. The van der Waals surface area contributed by atoms with Crippen LogP contribution in [-0.2, 0) is 0 Å². The number of H-pyrrole nitrogens is 1. The van der Waals surface area contributed by atoms with Gasteiger partial charge in [0.15, 0.2) is 11.0 Å². The van der Waals surface area contributed by atoms with Crippen molar-refractivity contribution in [3.63, 3.8) is 0 Å². The van der Waals surface area contributed by atoms with E-state index in [4.69, 9.17) is 10.5 Å². The van der Waals surface area contributed by atoms with Crippen molar-refractivity contribution in [1.82, 2.24) is 19.9 Å². The van der Waals surface area contributed by atoms with Crippen molar-refractivity contribution < 1.29 is 4.74 Å². The minimum absolute atomic E-state index is 0.552. The molecule has 0 atom stereocenters. The maximum absolute atomic E-state index is 5.92. The molecule has 0 aliphatic heterocycles. The largest absolute Gasteiger partial charge is 0.457 e. The minimum Gasteiger partial charge on any atom is -0.457 e. The number of benzene rings is 1. The van der Waals surface area contributed by atoms with Crippen LogP contribution in [0, 0.1) is 6.92 Å². The first-order valence-corrected chi connectivity index (χ1v) is 7.81. The molecule has 0 unspecified atom stereocenters. The first-order valence-electron chi connectivity index (χ1n) is 6.99. The molecular formula is C16H13N5OS. The van der Waals surface area contributed by atoms with Gasteiger partial charge in [-0.3, -0.25) is 4.98 Å². The Morgan fingerprint density at radius 1 is 1.13 bits per heavy atom. The number of thiazole rings is 1. The van der Waals surface area contributed by atoms with E-state index in [0.29, 0.717) is 10.9 Å². The SMILES string of the molecule is Cc1cnc(-c2cc(Oc3ccc4nc(N)sc4c3)ccn2)[nH]1. The maximum Gasteiger partial charge on any atom is 0.181 e. The molecular weight excluding hydrogens is 310 g/mol. The number of rotatable bonds is 3. The summed E-state index contributed by atoms with van der Waals surface area (Å²) in [6.07, 6.45) is 3.47. The Morgan fingerprint density at radius 2 is 2.00 bits per heavy atom. The zero-order valence-electron chi connectivity index (χ0n) is 12.3. The van der Waals surface area contributed by atoms with E-state index in [-0.39, 0.29) is 0 Å². The van der Waals surface area contributed by atoms with E-state index < -0.39 is 0 Å². The summed E-state index contributed by atoms with van der Waals surface area (Å²) in [6.45, 7) is 1.95. The van der Waals surface area contributed by atoms with Crippen LogP contribution in [0.1, 0.15) is 5.69 Å². The summed E-state index contributed by atoms with van der Waals surface area (Å²) >= 11 is 1.44. The van der Waals surface area contributed by atoms with Gasteiger partial charge in [-0.25, -0.2) is 9.97 Å². The summed E-state index contributed by atoms with van der Waals surface area (Å²) in [5.74, 6) is 2.15. The first kappa shape index (κ1) is 13.7. The predicted octanol–water partition coefficient (Wildman–Crippen LogP) is 3.76. The number of hydrogen-bond donors (Lipinski definition) is 2. The fourth-order valence-corrected chi connectivity index (χ4v) is 3.03. The summed E-state index contributed by atoms with van der Waals surface area (Å²) in [7, 11) is 0. The topological polar surface area (TPSA) is 89.7 Å². The lowest BCUT2D eigenvalue weighted by atomic mass is 10.3. The zero-order chi connectivity index (χ0) is 15.8. The second-order valence-corrected chi connectivity index (χ2v) is 6.14. The van der Waals surface area contributed by atoms with Gasteiger partial charge in [-0.05, 0) is 25.1 Å². The Kier molecular flexibility index (Phi) is 3.20. The van der Waals surface area contributed by atoms with Crippen LogP contribution in [0.5, 0.6) is 11.5 Å². The minimum atomic E-state index is 0.552. The highest BCUT2D eigenvalue weighted by molar-refractivity contribution is 7.22. The second-order valence-electron chi connectivity index (χ2n) is 5.08. The van der Waals surface area contributed by atoms with Crippen LogP contribution >= 0.6 is 11.3 Å². The molecule has 3 aromatic heterocycles. The van der Waals surface area contributed by atoms with Gasteiger partial charge in [0.05, 0.1) is 10.2 Å². The van der Waals surface area contributed by atoms with Gasteiger partial charge in [-0.15, -0.1) is 0 Å². The third kappa shape index (κ3) is 2.74. The molecule has 0 fully saturated rings. The number of ether oxygens (including phenoxy) is 1. The molecule has 114 valence electrons. The van der Waals surface area contributed by atoms with Crippen LogP contribution in [0.4, 0.5) is 5.13 Å². The lowest BCUT2D eigenvalue weighted by Gasteiger charge is -2.06. The molecule has 0 aliphatic rings. The molecule has 0 saturated heterocycles. The molecule has 0 radical (unpaired) electrons. The standard InChI is InChI=1S/C16H13N5OS/c1-9-8-19-15(20-9)13-6-11(4-5-18-13)22-10-2-3-12-14(7-10)23-16(17)21-12/h2-8H,1H3,(H2,17,21)(H,19,20). The van der Waals surface area contributed by atoms with Gasteiger partial charge in [-0.1, -0.05) is 11.3 Å². The molecule has 3 N–H and O–H groups in total. The van der Waals surface area contributed by atoms with Gasteiger partial charge in [0.25, 0.3) is 0 Å². The van der Waals surface area contributed by atoms with E-state index in [2.05, 4.69) is 19.9 Å². The Hall–Kier alpha value is -2.93. The van der Waals surface area contributed by atoms with Crippen LogP contribution in [-0.4, -0.2) is 19.9 Å². The lowest BCUT2D eigenvalue weighted by molar-refractivity contribution is 0.483. The number of aromatic nitrogens is 4. The van der Waals surface area contributed by atoms with Crippen LogP contribution < -0.4 is 10.5 Å². The van der Waals surface area contributed by atoms with Crippen LogP contribution in [0.25, 0.3) is 21.7 Å². The van der Waals surface area contributed by atoms with E-state index >= 15 is 0 Å². The van der Waals surface area contributed by atoms with Crippen molar-refractivity contribution in [3.05, 3.63) is 48.4 Å². The molecule has 0 saturated carbocycles. The molecule has 4 rings (SSSR count). The summed E-state index contributed by atoms with van der Waals surface area (Å²) in [5, 5.41) is 0.552. The molecule has 0 amide bonds. The number of anilines is 1. The Morgan fingerprint density at radius 3 is 2.83 bits per heavy atom. The van der Waals surface area contributed by atoms with Gasteiger partial charge in [0.2, 0.25) is 0 Å². The van der Waals surface area contributed by atoms with Gasteiger partial charge >= 0.3 is 0 Å². The predicted molar refractivity (Wildman–Crippen MR) is 90.7 cm³/mol. The zero-order valence-corrected chi connectivity index (χ0v) is 13.1. The fraction of sp³-hybridized carbons (Fsp3) is 0.0625. The van der Waals surface area contributed by atoms with E-state index in [9.17, 15) is 0 Å². The number of aromatic amines is 1. The number of nitrogen functional groups attached to an aromatic ring is 1. The Balaban J connectivity index is 1.64. The van der Waals surface area contributed by atoms with E-state index in [1.807, 2.05) is 37.3 Å². The summed E-state index contributed by atoms with van der Waals surface area (Å²) in [6, 6.07) is 9.36. The monoisotopic (exact) mass is 323 g/mol. The molecule has 4 aromatic rings. The number of nitrogens with one attached hydrogen (secondary N) is 1. The molecule has 0 bridgehead atoms. The molecule has 23 heavy (non-hydrogen) atoms. The number of aryl methyl sites for hydroxylation is 1. The molecule has 6 nitrogen and oxygen atoms in total. The van der Waals surface area contributed by atoms with Gasteiger partial charge in [-0.2, -0.15) is 0 Å². The van der Waals surface area contributed by atoms with Gasteiger partial charge in [0.1, 0.15) is 17.2 Å². The fourth-order valence-electron chi connectivity index (χ4n) is 2.27. The highest BCUT2D eigenvalue weighted by Crippen LogP contribution is 2.30. The second kappa shape index (κ2) is 5.36. The van der Waals surface area contributed by atoms with Crippen molar-refractivity contribution >= 4 is 26.7 Å². The van der Waals surface area contributed by atoms with Gasteiger partial charge < -0.3 is 15.5 Å². The van der Waals surface area contributed by atoms with Crippen molar-refractivity contribution in [2.45, 2.75) is 6.92 Å². The van der Waals surface area contributed by atoms with Crippen molar-refractivity contribution in [1.29, 1.82) is 0 Å². The molecule has 1 aromatic carbocycles. The molecule has 0 aliphatic carbocycles. The van der Waals surface area contributed by atoms with Crippen molar-refractivity contribution in [2.24, 2.45) is 0 Å². The number of nitrogens with two attached hydrogens (primary N) is 1. The van der Waals surface area contributed by atoms with Crippen LogP contribution in [0.2, 0.25) is 0 Å². The van der Waals surface area contributed by atoms with Crippen LogP contribution in [0.15, 0.2) is 42.7 Å². The average molecular weight is 323 g/mol. The van der Waals surface area contributed by atoms with Crippen molar-refractivity contribution in [2.75, 3.05) is 5.73 Å². The number of nitrogens with zero attached hydrogens (tertiary/aromatic N) is 3. The Bertz CT molecular complexity index is 991. The van der Waals surface area contributed by atoms with E-state index in [0.717, 1.165) is 33.2 Å². The van der Waals surface area contributed by atoms with Crippen molar-refractivity contribution in [3.8, 4) is 23.0 Å². The number of hydrogen-bond acceptors (Lipinski definition) is 6. The summed E-state index contributed by atoms with van der Waals surface area (Å²) in [5.41, 5.74) is 8.33. The average Bonchev–Trinajstić information content (AvgIpc) is 3.12. The summed E-state index contributed by atoms with van der Waals surface area (Å²) in [4.78, 5) is 16.0. The highest BCUT2D eigenvalue weighted by Gasteiger charge is 2.07. The van der Waals surface area contributed by atoms with E-state index in [1.165, 1.54) is 11.3 Å². The number of fused-ring (bicyclic) bond motifs is 1. The number of pyridine rings is 1. The quantitative estimate of drug-likeness (QED) is 0.599. The first-order chi connectivity index (χ1) is 11.2. The summed E-state index contributed by atoms with van der Waals surface area (Å²) < 4.78 is 6.92. The third-order valence-corrected chi connectivity index (χ3v) is 4.14. The normalized spacial score (nSPS) is 11.0. The maximum atomic E-state index is 5.92. The lowest BCUT2D eigenvalue weighted by Crippen LogP contribution is -1.89. The molecule has 0 spiro atoms. The third-order valence-electron chi connectivity index (χ3n) is 3.29. The van der Waals surface area contributed by atoms with Crippen LogP contribution in [0.3, 0.4) is 0 Å². The molecule has 3 heterocycles. The molecule has 7 heteroatoms. The Labute approximate surface area is 136 Å². The van der Waals surface area contributed by atoms with E-state index in [1.54, 1.807) is 12.4 Å². The highest BCUT2D eigenvalue weighted by atomic mass is 32.1. The van der Waals surface area contributed by atoms with Gasteiger partial charge in [0, 0.05) is 30.2 Å².